The highest BCUT2D eigenvalue weighted by Crippen LogP contribution is 2.21. The number of hydrogen-bond donors (Lipinski definition) is 0. The van der Waals surface area contributed by atoms with E-state index in [-0.39, 0.29) is 5.78 Å². The van der Waals surface area contributed by atoms with Crippen LogP contribution in [-0.4, -0.2) is 54.9 Å². The summed E-state index contributed by atoms with van der Waals surface area (Å²) in [5.74, 6) is 0.831. The van der Waals surface area contributed by atoms with E-state index in [2.05, 4.69) is 9.80 Å². The molecule has 0 saturated carbocycles. The fourth-order valence-corrected chi connectivity index (χ4v) is 3.71. The Labute approximate surface area is 145 Å². The molecule has 0 spiro atoms. The highest BCUT2D eigenvalue weighted by atomic mass is 16.5. The Morgan fingerprint density at radius 3 is 2.58 bits per heavy atom. The van der Waals surface area contributed by atoms with E-state index in [1.165, 1.54) is 45.2 Å². The number of benzene rings is 1. The maximum atomic E-state index is 12.3. The topological polar surface area (TPSA) is 32.8 Å². The molecule has 2 aliphatic heterocycles. The molecule has 0 aromatic heterocycles. The van der Waals surface area contributed by atoms with Crippen molar-refractivity contribution in [1.82, 2.24) is 9.80 Å². The summed E-state index contributed by atoms with van der Waals surface area (Å²) in [5, 5.41) is 0. The Hall–Kier alpha value is -1.81. The quantitative estimate of drug-likeness (QED) is 0.592. The van der Waals surface area contributed by atoms with Crippen LogP contribution in [0.15, 0.2) is 36.5 Å². The van der Waals surface area contributed by atoms with Crippen LogP contribution in [0.25, 0.3) is 0 Å². The van der Waals surface area contributed by atoms with Crippen LogP contribution in [0.3, 0.4) is 0 Å². The molecule has 2 aliphatic rings. The first-order valence-electron chi connectivity index (χ1n) is 9.11. The molecule has 4 nitrogen and oxygen atoms in total. The monoisotopic (exact) mass is 328 g/mol. The van der Waals surface area contributed by atoms with Gasteiger partial charge in [-0.1, -0.05) is 6.42 Å². The molecule has 0 aliphatic carbocycles. The summed E-state index contributed by atoms with van der Waals surface area (Å²) >= 11 is 0. The van der Waals surface area contributed by atoms with E-state index in [0.717, 1.165) is 18.8 Å². The number of methoxy groups -OCH3 is 1. The van der Waals surface area contributed by atoms with E-state index in [0.29, 0.717) is 11.6 Å². The highest BCUT2D eigenvalue weighted by molar-refractivity contribution is 6.04. The summed E-state index contributed by atoms with van der Waals surface area (Å²) in [6.07, 6.45) is 10.2. The molecule has 3 rings (SSSR count). The first kappa shape index (κ1) is 17.0. The Morgan fingerprint density at radius 1 is 1.12 bits per heavy atom. The van der Waals surface area contributed by atoms with Gasteiger partial charge in [0.05, 0.1) is 7.11 Å². The maximum absolute atomic E-state index is 12.3. The number of rotatable bonds is 6. The van der Waals surface area contributed by atoms with Gasteiger partial charge in [0.25, 0.3) is 0 Å². The van der Waals surface area contributed by atoms with E-state index in [4.69, 9.17) is 4.74 Å². The molecule has 1 aromatic rings. The summed E-state index contributed by atoms with van der Waals surface area (Å²) in [6.45, 7) is 4.67. The lowest BCUT2D eigenvalue weighted by Gasteiger charge is -2.32. The Bertz CT molecular complexity index is 562. The lowest BCUT2D eigenvalue weighted by Crippen LogP contribution is -2.40. The Kier molecular flexibility index (Phi) is 5.91. The fraction of sp³-hybridized carbons (Fsp3) is 0.550. The first-order valence-corrected chi connectivity index (χ1v) is 9.11. The predicted octanol–water partition coefficient (Wildman–Crippen LogP) is 3.34. The van der Waals surface area contributed by atoms with Gasteiger partial charge in [-0.3, -0.25) is 4.79 Å². The number of likely N-dealkylation sites (tertiary alicyclic amines) is 2. The van der Waals surface area contributed by atoms with Crippen molar-refractivity contribution in [3.05, 3.63) is 42.1 Å². The SMILES string of the molecule is COc1ccc(C(=O)C=CN2CCC[C@H]2CN2CCCCC2)cc1. The van der Waals surface area contributed by atoms with Crippen molar-refractivity contribution in [2.24, 2.45) is 0 Å². The van der Waals surface area contributed by atoms with Gasteiger partial charge in [-0.05, 0) is 63.0 Å². The lowest BCUT2D eigenvalue weighted by molar-refractivity contribution is 0.104. The van der Waals surface area contributed by atoms with Gasteiger partial charge in [0.15, 0.2) is 5.78 Å². The molecule has 2 saturated heterocycles. The van der Waals surface area contributed by atoms with Gasteiger partial charge in [-0.15, -0.1) is 0 Å². The van der Waals surface area contributed by atoms with Crippen molar-refractivity contribution in [2.75, 3.05) is 33.3 Å². The van der Waals surface area contributed by atoms with Crippen molar-refractivity contribution in [3.63, 3.8) is 0 Å². The Morgan fingerprint density at radius 2 is 1.88 bits per heavy atom. The molecule has 1 atom stereocenters. The number of nitrogens with zero attached hydrogens (tertiary/aromatic N) is 2. The van der Waals surface area contributed by atoms with Gasteiger partial charge in [0, 0.05) is 37.0 Å². The summed E-state index contributed by atoms with van der Waals surface area (Å²) in [4.78, 5) is 17.3. The normalized spacial score (nSPS) is 22.2. The van der Waals surface area contributed by atoms with Gasteiger partial charge in [0.1, 0.15) is 5.75 Å². The minimum atomic E-state index is 0.0567. The molecule has 24 heavy (non-hydrogen) atoms. The number of allylic oxidation sites excluding steroid dienone is 1. The number of carbonyl (C=O) groups is 1. The fourth-order valence-electron chi connectivity index (χ4n) is 3.71. The average Bonchev–Trinajstić information content (AvgIpc) is 3.07. The molecule has 2 fully saturated rings. The minimum Gasteiger partial charge on any atom is -0.497 e. The first-order chi connectivity index (χ1) is 11.8. The molecule has 1 aromatic carbocycles. The van der Waals surface area contributed by atoms with Gasteiger partial charge in [-0.2, -0.15) is 0 Å². The van der Waals surface area contributed by atoms with E-state index < -0.39 is 0 Å². The summed E-state index contributed by atoms with van der Waals surface area (Å²) in [7, 11) is 1.63. The van der Waals surface area contributed by atoms with Crippen molar-refractivity contribution < 1.29 is 9.53 Å². The third-order valence-corrected chi connectivity index (χ3v) is 5.13. The zero-order valence-corrected chi connectivity index (χ0v) is 14.6. The zero-order valence-electron chi connectivity index (χ0n) is 14.6. The van der Waals surface area contributed by atoms with Gasteiger partial charge < -0.3 is 14.5 Å². The van der Waals surface area contributed by atoms with Crippen molar-refractivity contribution in [2.45, 2.75) is 38.1 Å². The average molecular weight is 328 g/mol. The molecular weight excluding hydrogens is 300 g/mol. The van der Waals surface area contributed by atoms with E-state index >= 15 is 0 Å². The molecule has 0 N–H and O–H groups in total. The molecule has 0 radical (unpaired) electrons. The largest absolute Gasteiger partial charge is 0.497 e. The highest BCUT2D eigenvalue weighted by Gasteiger charge is 2.24. The van der Waals surface area contributed by atoms with Crippen LogP contribution in [-0.2, 0) is 0 Å². The zero-order chi connectivity index (χ0) is 16.8. The molecule has 2 heterocycles. The molecule has 0 unspecified atom stereocenters. The van der Waals surface area contributed by atoms with Crippen molar-refractivity contribution >= 4 is 5.78 Å². The number of carbonyl (C=O) groups excluding carboxylic acids is 1. The second-order valence-corrected chi connectivity index (χ2v) is 6.80. The van der Waals surface area contributed by atoms with Gasteiger partial charge in [-0.25, -0.2) is 0 Å². The molecule has 4 heteroatoms. The maximum Gasteiger partial charge on any atom is 0.187 e. The third kappa shape index (κ3) is 4.38. The lowest BCUT2D eigenvalue weighted by atomic mass is 10.1. The second-order valence-electron chi connectivity index (χ2n) is 6.80. The summed E-state index contributed by atoms with van der Waals surface area (Å²) < 4.78 is 5.13. The minimum absolute atomic E-state index is 0.0567. The number of hydrogen-bond acceptors (Lipinski definition) is 4. The van der Waals surface area contributed by atoms with E-state index in [1.807, 2.05) is 30.5 Å². The van der Waals surface area contributed by atoms with Crippen LogP contribution in [0, 0.1) is 0 Å². The van der Waals surface area contributed by atoms with E-state index in [9.17, 15) is 4.79 Å². The number of ketones is 1. The predicted molar refractivity (Wildman–Crippen MR) is 96.5 cm³/mol. The molecule has 0 amide bonds. The van der Waals surface area contributed by atoms with Crippen molar-refractivity contribution in [3.8, 4) is 5.75 Å². The molecular formula is C20H28N2O2. The standard InChI is InChI=1S/C20H28N2O2/c1-24-19-9-7-17(8-10-19)20(23)11-15-22-14-5-6-18(22)16-21-12-3-2-4-13-21/h7-11,15,18H,2-6,12-14,16H2,1H3/t18-/m0/s1. The van der Waals surface area contributed by atoms with Crippen LogP contribution >= 0.6 is 0 Å². The van der Waals surface area contributed by atoms with Crippen LogP contribution in [0.2, 0.25) is 0 Å². The van der Waals surface area contributed by atoms with Gasteiger partial charge in [0.2, 0.25) is 0 Å². The van der Waals surface area contributed by atoms with Crippen LogP contribution in [0.4, 0.5) is 0 Å². The van der Waals surface area contributed by atoms with E-state index in [1.54, 1.807) is 13.2 Å². The number of ether oxygens (including phenoxy) is 1. The van der Waals surface area contributed by atoms with Crippen molar-refractivity contribution in [1.29, 1.82) is 0 Å². The van der Waals surface area contributed by atoms with Crippen LogP contribution in [0.5, 0.6) is 5.75 Å². The van der Waals surface area contributed by atoms with Crippen LogP contribution in [0.1, 0.15) is 42.5 Å². The second kappa shape index (κ2) is 8.34. The molecule has 0 bridgehead atoms. The third-order valence-electron chi connectivity index (χ3n) is 5.13. The summed E-state index contributed by atoms with van der Waals surface area (Å²) in [6, 6.07) is 7.86. The summed E-state index contributed by atoms with van der Waals surface area (Å²) in [5.41, 5.74) is 0.707. The number of piperidine rings is 1. The van der Waals surface area contributed by atoms with Gasteiger partial charge >= 0.3 is 0 Å². The smallest absolute Gasteiger partial charge is 0.187 e. The Balaban J connectivity index is 1.56. The molecule has 130 valence electrons. The van der Waals surface area contributed by atoms with Crippen LogP contribution < -0.4 is 4.74 Å².